The van der Waals surface area contributed by atoms with Gasteiger partial charge in [0, 0.05) is 10.2 Å². The second kappa shape index (κ2) is 7.87. The summed E-state index contributed by atoms with van der Waals surface area (Å²) in [5.74, 6) is 1.68. The molecule has 23 heavy (non-hydrogen) atoms. The minimum Gasteiger partial charge on any atom is -0.493 e. The zero-order valence-corrected chi connectivity index (χ0v) is 15.0. The number of guanidine groups is 1. The van der Waals surface area contributed by atoms with Crippen molar-refractivity contribution in [2.24, 2.45) is 10.7 Å². The molecular formula is C17H20BrN3O2. The number of halogens is 1. The van der Waals surface area contributed by atoms with Crippen LogP contribution in [-0.4, -0.2) is 20.2 Å². The molecule has 0 saturated heterocycles. The molecule has 0 heterocycles. The number of nitrogens with zero attached hydrogens (tertiary/aromatic N) is 1. The lowest BCUT2D eigenvalue weighted by atomic mass is 10.2. The van der Waals surface area contributed by atoms with E-state index in [1.807, 2.05) is 43.3 Å². The Bertz CT molecular complexity index is 700. The largest absolute Gasteiger partial charge is 0.493 e. The van der Waals surface area contributed by atoms with E-state index in [0.717, 1.165) is 15.7 Å². The Balaban J connectivity index is 2.10. The van der Waals surface area contributed by atoms with Crippen LogP contribution in [0.15, 0.2) is 45.9 Å². The predicted molar refractivity (Wildman–Crippen MR) is 97.4 cm³/mol. The molecule has 2 aromatic carbocycles. The summed E-state index contributed by atoms with van der Waals surface area (Å²) in [5, 5.41) is 3.07. The Labute approximate surface area is 144 Å². The Morgan fingerprint density at radius 3 is 2.35 bits per heavy atom. The van der Waals surface area contributed by atoms with Crippen molar-refractivity contribution in [3.05, 3.63) is 52.0 Å². The van der Waals surface area contributed by atoms with Gasteiger partial charge in [0.05, 0.1) is 20.8 Å². The maximum absolute atomic E-state index is 5.94. The van der Waals surface area contributed by atoms with E-state index >= 15 is 0 Å². The molecule has 0 spiro atoms. The first-order valence-corrected chi connectivity index (χ1v) is 7.86. The number of hydrogen-bond donors (Lipinski definition) is 2. The van der Waals surface area contributed by atoms with Crippen LogP contribution in [-0.2, 0) is 6.54 Å². The van der Waals surface area contributed by atoms with Crippen LogP contribution in [0.2, 0.25) is 0 Å². The molecule has 0 aliphatic rings. The molecule has 0 radical (unpaired) electrons. The van der Waals surface area contributed by atoms with Gasteiger partial charge in [-0.25, -0.2) is 4.99 Å². The number of aryl methyl sites for hydroxylation is 1. The number of hydrogen-bond acceptors (Lipinski definition) is 3. The lowest BCUT2D eigenvalue weighted by molar-refractivity contribution is 0.354. The first kappa shape index (κ1) is 17.1. The molecule has 2 rings (SSSR count). The number of benzene rings is 2. The van der Waals surface area contributed by atoms with Crippen LogP contribution in [0.4, 0.5) is 5.69 Å². The molecule has 2 aromatic rings. The van der Waals surface area contributed by atoms with Crippen molar-refractivity contribution in [1.82, 2.24) is 0 Å². The maximum atomic E-state index is 5.94. The Morgan fingerprint density at radius 2 is 1.74 bits per heavy atom. The van der Waals surface area contributed by atoms with E-state index in [1.54, 1.807) is 14.2 Å². The van der Waals surface area contributed by atoms with Crippen LogP contribution < -0.4 is 20.5 Å². The average molecular weight is 378 g/mol. The third kappa shape index (κ3) is 4.63. The van der Waals surface area contributed by atoms with Crippen molar-refractivity contribution in [1.29, 1.82) is 0 Å². The van der Waals surface area contributed by atoms with Gasteiger partial charge in [-0.05, 0) is 36.8 Å². The summed E-state index contributed by atoms with van der Waals surface area (Å²) in [6.07, 6.45) is 0. The van der Waals surface area contributed by atoms with Crippen molar-refractivity contribution in [3.8, 4) is 11.5 Å². The Hall–Kier alpha value is -2.21. The van der Waals surface area contributed by atoms with Gasteiger partial charge >= 0.3 is 0 Å². The van der Waals surface area contributed by atoms with Crippen molar-refractivity contribution >= 4 is 27.6 Å². The molecule has 0 fully saturated rings. The van der Waals surface area contributed by atoms with Gasteiger partial charge in [-0.1, -0.05) is 33.6 Å². The molecule has 0 saturated carbocycles. The molecule has 0 aromatic heterocycles. The van der Waals surface area contributed by atoms with Crippen LogP contribution in [0.1, 0.15) is 11.1 Å². The molecule has 0 atom stereocenters. The number of methoxy groups -OCH3 is 2. The highest BCUT2D eigenvalue weighted by Gasteiger charge is 2.09. The number of rotatable bonds is 5. The van der Waals surface area contributed by atoms with E-state index in [4.69, 9.17) is 15.2 Å². The quantitative estimate of drug-likeness (QED) is 0.615. The van der Waals surface area contributed by atoms with Gasteiger partial charge in [0.25, 0.3) is 0 Å². The molecule has 0 aliphatic heterocycles. The van der Waals surface area contributed by atoms with Crippen molar-refractivity contribution in [2.45, 2.75) is 13.5 Å². The molecule has 0 unspecified atom stereocenters. The standard InChI is InChI=1S/C17H20BrN3O2/c1-11-4-6-13(7-5-11)21-17(19)20-10-12-8-15(22-2)16(23-3)9-14(12)18/h4-9H,10H2,1-3H3,(H3,19,20,21). The number of nitrogens with one attached hydrogen (secondary N) is 1. The van der Waals surface area contributed by atoms with Crippen LogP contribution in [0.5, 0.6) is 11.5 Å². The molecule has 0 amide bonds. The molecule has 0 aliphatic carbocycles. The zero-order chi connectivity index (χ0) is 16.8. The van der Waals surface area contributed by atoms with Gasteiger partial charge in [0.1, 0.15) is 0 Å². The Kier molecular flexibility index (Phi) is 5.87. The highest BCUT2D eigenvalue weighted by molar-refractivity contribution is 9.10. The van der Waals surface area contributed by atoms with E-state index in [2.05, 4.69) is 26.2 Å². The van der Waals surface area contributed by atoms with Gasteiger partial charge < -0.3 is 20.5 Å². The third-order valence-corrected chi connectivity index (χ3v) is 4.03. The number of anilines is 1. The zero-order valence-electron chi connectivity index (χ0n) is 13.4. The summed E-state index contributed by atoms with van der Waals surface area (Å²) in [6.45, 7) is 2.46. The molecule has 3 N–H and O–H groups in total. The van der Waals surface area contributed by atoms with Gasteiger partial charge in [-0.2, -0.15) is 0 Å². The van der Waals surface area contributed by atoms with E-state index in [0.29, 0.717) is 24.0 Å². The van der Waals surface area contributed by atoms with Crippen molar-refractivity contribution in [2.75, 3.05) is 19.5 Å². The second-order valence-electron chi connectivity index (χ2n) is 4.99. The summed E-state index contributed by atoms with van der Waals surface area (Å²) < 4.78 is 11.5. The molecule has 122 valence electrons. The van der Waals surface area contributed by atoms with Gasteiger partial charge in [-0.3, -0.25) is 0 Å². The fourth-order valence-corrected chi connectivity index (χ4v) is 2.46. The van der Waals surface area contributed by atoms with Crippen LogP contribution in [0.3, 0.4) is 0 Å². The van der Waals surface area contributed by atoms with Gasteiger partial charge in [-0.15, -0.1) is 0 Å². The highest BCUT2D eigenvalue weighted by atomic mass is 79.9. The smallest absolute Gasteiger partial charge is 0.193 e. The summed E-state index contributed by atoms with van der Waals surface area (Å²) in [7, 11) is 3.21. The highest BCUT2D eigenvalue weighted by Crippen LogP contribution is 2.33. The van der Waals surface area contributed by atoms with Crippen LogP contribution >= 0.6 is 15.9 Å². The minimum absolute atomic E-state index is 0.357. The number of aliphatic imine (C=N–C) groups is 1. The number of ether oxygens (including phenoxy) is 2. The number of nitrogens with two attached hydrogens (primary N) is 1. The molecular weight excluding hydrogens is 358 g/mol. The first-order valence-electron chi connectivity index (χ1n) is 7.07. The predicted octanol–water partition coefficient (Wildman–Crippen LogP) is 3.70. The van der Waals surface area contributed by atoms with E-state index in [1.165, 1.54) is 5.56 Å². The molecule has 5 nitrogen and oxygen atoms in total. The van der Waals surface area contributed by atoms with E-state index in [-0.39, 0.29) is 0 Å². The van der Waals surface area contributed by atoms with Crippen LogP contribution in [0.25, 0.3) is 0 Å². The lowest BCUT2D eigenvalue weighted by Gasteiger charge is -2.11. The van der Waals surface area contributed by atoms with Crippen LogP contribution in [0, 0.1) is 6.92 Å². The van der Waals surface area contributed by atoms with Gasteiger partial charge in [0.2, 0.25) is 0 Å². The summed E-state index contributed by atoms with van der Waals surface area (Å²) >= 11 is 3.51. The van der Waals surface area contributed by atoms with Crippen molar-refractivity contribution in [3.63, 3.8) is 0 Å². The summed E-state index contributed by atoms with van der Waals surface area (Å²) in [4.78, 5) is 4.36. The second-order valence-corrected chi connectivity index (χ2v) is 5.85. The van der Waals surface area contributed by atoms with E-state index in [9.17, 15) is 0 Å². The topological polar surface area (TPSA) is 68.9 Å². The van der Waals surface area contributed by atoms with E-state index < -0.39 is 0 Å². The summed E-state index contributed by atoms with van der Waals surface area (Å²) in [6, 6.07) is 11.7. The van der Waals surface area contributed by atoms with Gasteiger partial charge in [0.15, 0.2) is 17.5 Å². The summed E-state index contributed by atoms with van der Waals surface area (Å²) in [5.41, 5.74) is 8.99. The normalized spacial score (nSPS) is 11.2. The molecule has 0 bridgehead atoms. The lowest BCUT2D eigenvalue weighted by Crippen LogP contribution is -2.22. The minimum atomic E-state index is 0.357. The fourth-order valence-electron chi connectivity index (χ4n) is 2.01. The maximum Gasteiger partial charge on any atom is 0.193 e. The average Bonchev–Trinajstić information content (AvgIpc) is 2.55. The SMILES string of the molecule is COc1cc(Br)c(CN=C(N)Nc2ccc(C)cc2)cc1OC. The fraction of sp³-hybridized carbons (Fsp3) is 0.235. The molecule has 6 heteroatoms. The first-order chi connectivity index (χ1) is 11.0. The third-order valence-electron chi connectivity index (χ3n) is 3.30. The van der Waals surface area contributed by atoms with Crippen molar-refractivity contribution < 1.29 is 9.47 Å². The monoisotopic (exact) mass is 377 g/mol. The Morgan fingerprint density at radius 1 is 1.13 bits per heavy atom.